The minimum atomic E-state index is 0.857. The van der Waals surface area contributed by atoms with Gasteiger partial charge in [0.1, 0.15) is 0 Å². The lowest BCUT2D eigenvalue weighted by Gasteiger charge is -1.81. The van der Waals surface area contributed by atoms with Crippen LogP contribution in [0.2, 0.25) is 0 Å². The molecule has 0 N–H and O–H groups in total. The summed E-state index contributed by atoms with van der Waals surface area (Å²) in [5.74, 6) is 8.57. The zero-order chi connectivity index (χ0) is 6.95. The second-order valence-electron chi connectivity index (χ2n) is 1.54. The summed E-state index contributed by atoms with van der Waals surface area (Å²) in [6.45, 7) is 0. The molecule has 0 aliphatic heterocycles. The molecule has 48 valence electrons. The summed E-state index contributed by atoms with van der Waals surface area (Å²) in [5, 5.41) is 0. The molecule has 0 bridgehead atoms. The van der Waals surface area contributed by atoms with Crippen molar-refractivity contribution >= 4 is 22.6 Å². The second-order valence-corrected chi connectivity index (χ2v) is 2.31. The highest BCUT2D eigenvalue weighted by Gasteiger charge is 1.76. The van der Waals surface area contributed by atoms with Crippen molar-refractivity contribution < 1.29 is 0 Å². The van der Waals surface area contributed by atoms with Gasteiger partial charge in [-0.3, -0.25) is 0 Å². The molecule has 0 aromatic heterocycles. The van der Waals surface area contributed by atoms with Gasteiger partial charge in [-0.15, -0.1) is 18.3 Å². The Balaban J connectivity index is 3.01. The Labute approximate surface area is 70.6 Å². The summed E-state index contributed by atoms with van der Waals surface area (Å²) >= 11 is 2.23. The summed E-state index contributed by atoms with van der Waals surface area (Å²) < 4.78 is 0.924. The molecule has 0 atom stereocenters. The highest BCUT2D eigenvalue weighted by molar-refractivity contribution is 14.1. The Morgan fingerprint density at radius 3 is 2.56 bits per heavy atom. The fraction of sp³-hybridized carbons (Fsp3) is 0.500. The molecule has 0 nitrogen and oxygen atoms in total. The lowest BCUT2D eigenvalue weighted by atomic mass is 10.2. The maximum Gasteiger partial charge on any atom is 0.0609 e. The zero-order valence-corrected chi connectivity index (χ0v) is 7.44. The van der Waals surface area contributed by atoms with Crippen LogP contribution < -0.4 is 0 Å². The molecule has 0 spiro atoms. The predicted molar refractivity (Wildman–Crippen MR) is 49.3 cm³/mol. The molecule has 1 heteroatoms. The Morgan fingerprint density at radius 1 is 1.22 bits per heavy atom. The van der Waals surface area contributed by atoms with Crippen molar-refractivity contribution in [2.24, 2.45) is 0 Å². The maximum absolute atomic E-state index is 5.04. The molecule has 0 saturated heterocycles. The average molecular weight is 232 g/mol. The standard InChI is InChI=1S/C8H9I/c1-2-3-4-5-6-7-8-9/h1H,3-5,8H2. The maximum atomic E-state index is 5.04. The molecule has 0 radical (unpaired) electrons. The number of halogens is 1. The molecular formula is C8H9I. The first-order chi connectivity index (χ1) is 4.41. The van der Waals surface area contributed by atoms with Crippen LogP contribution in [0, 0.1) is 24.2 Å². The molecule has 0 amide bonds. The molecule has 9 heavy (non-hydrogen) atoms. The first-order valence-corrected chi connectivity index (χ1v) is 4.39. The van der Waals surface area contributed by atoms with Gasteiger partial charge in [0.05, 0.1) is 4.43 Å². The molecule has 0 aromatic rings. The summed E-state index contributed by atoms with van der Waals surface area (Å²) in [6, 6.07) is 0. The van der Waals surface area contributed by atoms with Gasteiger partial charge in [0.2, 0.25) is 0 Å². The van der Waals surface area contributed by atoms with Gasteiger partial charge >= 0.3 is 0 Å². The molecule has 0 saturated carbocycles. The third-order valence-electron chi connectivity index (χ3n) is 0.815. The van der Waals surface area contributed by atoms with E-state index in [0.717, 1.165) is 23.7 Å². The number of rotatable bonds is 2. The molecule has 0 fully saturated rings. The third kappa shape index (κ3) is 7.85. The van der Waals surface area contributed by atoms with Gasteiger partial charge < -0.3 is 0 Å². The van der Waals surface area contributed by atoms with Crippen LogP contribution in [0.25, 0.3) is 0 Å². The van der Waals surface area contributed by atoms with Gasteiger partial charge in [-0.25, -0.2) is 0 Å². The van der Waals surface area contributed by atoms with Crippen LogP contribution >= 0.6 is 22.6 Å². The summed E-state index contributed by atoms with van der Waals surface area (Å²) in [4.78, 5) is 0. The van der Waals surface area contributed by atoms with Gasteiger partial charge in [0.25, 0.3) is 0 Å². The minimum Gasteiger partial charge on any atom is -0.120 e. The van der Waals surface area contributed by atoms with Crippen LogP contribution in [0.4, 0.5) is 0 Å². The van der Waals surface area contributed by atoms with E-state index in [1.807, 2.05) is 0 Å². The average Bonchev–Trinajstić information content (AvgIpc) is 1.89. The van der Waals surface area contributed by atoms with Crippen LogP contribution in [0.1, 0.15) is 19.3 Å². The van der Waals surface area contributed by atoms with Gasteiger partial charge in [-0.2, -0.15) is 0 Å². The van der Waals surface area contributed by atoms with E-state index < -0.39 is 0 Å². The van der Waals surface area contributed by atoms with E-state index in [4.69, 9.17) is 6.42 Å². The van der Waals surface area contributed by atoms with Gasteiger partial charge in [-0.05, 0) is 6.42 Å². The van der Waals surface area contributed by atoms with Crippen molar-refractivity contribution in [3.05, 3.63) is 0 Å². The van der Waals surface area contributed by atoms with Crippen molar-refractivity contribution in [2.45, 2.75) is 19.3 Å². The normalized spacial score (nSPS) is 7.11. The molecule has 0 aliphatic rings. The summed E-state index contributed by atoms with van der Waals surface area (Å²) in [5.41, 5.74) is 0. The molecule has 0 heterocycles. The fourth-order valence-corrected chi connectivity index (χ4v) is 0.684. The highest BCUT2D eigenvalue weighted by Crippen LogP contribution is 1.90. The first kappa shape index (κ1) is 8.85. The Bertz CT molecular complexity index is 142. The fourth-order valence-electron chi connectivity index (χ4n) is 0.414. The van der Waals surface area contributed by atoms with Crippen LogP contribution in [0.15, 0.2) is 0 Å². The smallest absolute Gasteiger partial charge is 0.0609 e. The highest BCUT2D eigenvalue weighted by atomic mass is 127. The largest absolute Gasteiger partial charge is 0.120 e. The monoisotopic (exact) mass is 232 g/mol. The van der Waals surface area contributed by atoms with E-state index in [1.54, 1.807) is 0 Å². The SMILES string of the molecule is C#CCCCC#CCI. The van der Waals surface area contributed by atoms with Crippen molar-refractivity contribution in [3.63, 3.8) is 0 Å². The van der Waals surface area contributed by atoms with Gasteiger partial charge in [-0.1, -0.05) is 28.5 Å². The number of hydrogen-bond acceptors (Lipinski definition) is 0. The van der Waals surface area contributed by atoms with Gasteiger partial charge in [0.15, 0.2) is 0 Å². The van der Waals surface area contributed by atoms with Crippen LogP contribution in [-0.4, -0.2) is 4.43 Å². The molecular weight excluding hydrogens is 223 g/mol. The molecule has 0 aromatic carbocycles. The van der Waals surface area contributed by atoms with E-state index >= 15 is 0 Å². The van der Waals surface area contributed by atoms with E-state index in [-0.39, 0.29) is 0 Å². The third-order valence-corrected chi connectivity index (χ3v) is 1.20. The zero-order valence-electron chi connectivity index (χ0n) is 5.28. The second kappa shape index (κ2) is 7.85. The number of alkyl halides is 1. The van der Waals surface area contributed by atoms with E-state index in [0.29, 0.717) is 0 Å². The van der Waals surface area contributed by atoms with E-state index in [1.165, 1.54) is 0 Å². The number of terminal acetylenes is 1. The molecule has 0 unspecified atom stereocenters. The Morgan fingerprint density at radius 2 is 2.00 bits per heavy atom. The lowest BCUT2D eigenvalue weighted by Crippen LogP contribution is -1.68. The Hall–Kier alpha value is -0.150. The van der Waals surface area contributed by atoms with Crippen molar-refractivity contribution in [1.82, 2.24) is 0 Å². The van der Waals surface area contributed by atoms with Crippen molar-refractivity contribution in [2.75, 3.05) is 4.43 Å². The molecule has 0 aliphatic carbocycles. The topological polar surface area (TPSA) is 0 Å². The number of hydrogen-bond donors (Lipinski definition) is 0. The summed E-state index contributed by atoms with van der Waals surface area (Å²) in [6.07, 6.45) is 7.89. The van der Waals surface area contributed by atoms with Crippen molar-refractivity contribution in [1.29, 1.82) is 0 Å². The van der Waals surface area contributed by atoms with E-state index in [9.17, 15) is 0 Å². The summed E-state index contributed by atoms with van der Waals surface area (Å²) in [7, 11) is 0. The van der Waals surface area contributed by atoms with Crippen LogP contribution in [0.5, 0.6) is 0 Å². The van der Waals surface area contributed by atoms with Crippen LogP contribution in [0.3, 0.4) is 0 Å². The lowest BCUT2D eigenvalue weighted by molar-refractivity contribution is 0.904. The molecule has 0 rings (SSSR count). The van der Waals surface area contributed by atoms with Crippen molar-refractivity contribution in [3.8, 4) is 24.2 Å². The van der Waals surface area contributed by atoms with E-state index in [2.05, 4.69) is 40.4 Å². The minimum absolute atomic E-state index is 0.857. The predicted octanol–water partition coefficient (Wildman–Crippen LogP) is 2.23. The Kier molecular flexibility index (Phi) is 7.72. The quantitative estimate of drug-likeness (QED) is 0.296. The van der Waals surface area contributed by atoms with Gasteiger partial charge in [0, 0.05) is 12.8 Å². The first-order valence-electron chi connectivity index (χ1n) is 2.87. The number of unbranched alkanes of at least 4 members (excludes halogenated alkanes) is 2. The van der Waals surface area contributed by atoms with Crippen LogP contribution in [-0.2, 0) is 0 Å².